The Kier molecular flexibility index (Phi) is 7.78. The molecule has 0 N–H and O–H groups in total. The van der Waals surface area contributed by atoms with Crippen molar-refractivity contribution < 1.29 is 0 Å². The molecule has 0 aliphatic carbocycles. The van der Waals surface area contributed by atoms with Gasteiger partial charge in [0.15, 0.2) is 17.5 Å². The summed E-state index contributed by atoms with van der Waals surface area (Å²) in [5, 5.41) is 7.08. The third-order valence-corrected chi connectivity index (χ3v) is 11.0. The van der Waals surface area contributed by atoms with Gasteiger partial charge in [-0.15, -0.1) is 0 Å². The summed E-state index contributed by atoms with van der Waals surface area (Å²) in [7, 11) is 0. The van der Waals surface area contributed by atoms with Gasteiger partial charge in [0.05, 0.1) is 16.7 Å². The molecular weight excluding hydrogens is 693 g/mol. The molecule has 0 saturated carbocycles. The van der Waals surface area contributed by atoms with Crippen LogP contribution in [-0.4, -0.2) is 19.5 Å². The van der Waals surface area contributed by atoms with Crippen LogP contribution in [0.15, 0.2) is 206 Å². The molecule has 9 aromatic carbocycles. The lowest BCUT2D eigenvalue weighted by Crippen LogP contribution is -2.04. The molecule has 0 radical (unpaired) electrons. The first kappa shape index (κ1) is 32.7. The zero-order valence-corrected chi connectivity index (χ0v) is 30.9. The monoisotopic (exact) mass is 726 g/mol. The van der Waals surface area contributed by atoms with Gasteiger partial charge in [-0.3, -0.25) is 0 Å². The lowest BCUT2D eigenvalue weighted by Gasteiger charge is -2.17. The Morgan fingerprint density at radius 2 is 0.825 bits per heavy atom. The van der Waals surface area contributed by atoms with Crippen LogP contribution in [0.5, 0.6) is 0 Å². The standard InChI is InChI=1S/C53H34N4/c1-3-14-35(15-4-1)39-28-26-36-27-29-41(33-42(36)32-39)52-54-51(38-17-5-2-6-18-38)55-53(56-52)47-34-40(44-23-13-19-37-16-7-8-20-43(37)44)30-31-50(47)57-48-24-11-9-21-45(48)46-22-10-12-25-49(46)57/h1-34H. The molecule has 2 aromatic heterocycles. The quantitative estimate of drug-likeness (QED) is 0.171. The van der Waals surface area contributed by atoms with E-state index in [1.807, 2.05) is 18.2 Å². The number of fused-ring (bicyclic) bond motifs is 5. The lowest BCUT2D eigenvalue weighted by molar-refractivity contribution is 1.06. The third kappa shape index (κ3) is 5.74. The molecule has 0 unspecified atom stereocenters. The van der Waals surface area contributed by atoms with E-state index in [9.17, 15) is 0 Å². The Hall–Kier alpha value is -7.69. The van der Waals surface area contributed by atoms with Gasteiger partial charge in [-0.2, -0.15) is 0 Å². The maximum Gasteiger partial charge on any atom is 0.166 e. The number of hydrogen-bond acceptors (Lipinski definition) is 3. The van der Waals surface area contributed by atoms with Gasteiger partial charge in [0, 0.05) is 27.5 Å². The minimum atomic E-state index is 0.607. The predicted octanol–water partition coefficient (Wildman–Crippen LogP) is 13.6. The van der Waals surface area contributed by atoms with E-state index in [0.717, 1.165) is 55.3 Å². The van der Waals surface area contributed by atoms with E-state index >= 15 is 0 Å². The average molecular weight is 727 g/mol. The molecule has 0 amide bonds. The topological polar surface area (TPSA) is 43.6 Å². The van der Waals surface area contributed by atoms with Crippen LogP contribution in [-0.2, 0) is 0 Å². The van der Waals surface area contributed by atoms with Crippen molar-refractivity contribution in [2.24, 2.45) is 0 Å². The van der Waals surface area contributed by atoms with E-state index in [4.69, 9.17) is 15.0 Å². The van der Waals surface area contributed by atoms with Gasteiger partial charge in [0.1, 0.15) is 0 Å². The molecule has 0 bridgehead atoms. The van der Waals surface area contributed by atoms with Crippen molar-refractivity contribution in [1.82, 2.24) is 19.5 Å². The van der Waals surface area contributed by atoms with E-state index in [1.165, 1.54) is 32.7 Å². The van der Waals surface area contributed by atoms with Crippen molar-refractivity contribution in [2.75, 3.05) is 0 Å². The first-order valence-electron chi connectivity index (χ1n) is 19.3. The molecule has 2 heterocycles. The Labute approximate surface area is 330 Å². The second-order valence-electron chi connectivity index (χ2n) is 14.4. The highest BCUT2D eigenvalue weighted by molar-refractivity contribution is 6.10. The highest BCUT2D eigenvalue weighted by Gasteiger charge is 2.21. The first-order valence-corrected chi connectivity index (χ1v) is 19.3. The molecule has 0 atom stereocenters. The largest absolute Gasteiger partial charge is 0.309 e. The Balaban J connectivity index is 1.18. The van der Waals surface area contributed by atoms with Crippen LogP contribution in [0.4, 0.5) is 0 Å². The fourth-order valence-corrected chi connectivity index (χ4v) is 8.27. The van der Waals surface area contributed by atoms with E-state index in [1.54, 1.807) is 0 Å². The first-order chi connectivity index (χ1) is 28.2. The van der Waals surface area contributed by atoms with Gasteiger partial charge in [0.25, 0.3) is 0 Å². The highest BCUT2D eigenvalue weighted by atomic mass is 15.1. The summed E-state index contributed by atoms with van der Waals surface area (Å²) in [6.45, 7) is 0. The zero-order valence-electron chi connectivity index (χ0n) is 30.9. The molecule has 57 heavy (non-hydrogen) atoms. The van der Waals surface area contributed by atoms with Crippen LogP contribution in [0.1, 0.15) is 0 Å². The fraction of sp³-hybridized carbons (Fsp3) is 0. The van der Waals surface area contributed by atoms with Crippen molar-refractivity contribution in [3.63, 3.8) is 0 Å². The molecule has 0 aliphatic rings. The normalized spacial score (nSPS) is 11.5. The van der Waals surface area contributed by atoms with Crippen molar-refractivity contribution in [1.29, 1.82) is 0 Å². The second kappa shape index (κ2) is 13.6. The molecule has 4 heteroatoms. The average Bonchev–Trinajstić information content (AvgIpc) is 3.63. The molecule has 0 spiro atoms. The van der Waals surface area contributed by atoms with E-state index in [2.05, 4.69) is 193 Å². The summed E-state index contributed by atoms with van der Waals surface area (Å²) in [4.78, 5) is 15.9. The van der Waals surface area contributed by atoms with Crippen molar-refractivity contribution >= 4 is 43.4 Å². The summed E-state index contributed by atoms with van der Waals surface area (Å²) >= 11 is 0. The maximum atomic E-state index is 5.38. The summed E-state index contributed by atoms with van der Waals surface area (Å²) in [5.41, 5.74) is 10.6. The van der Waals surface area contributed by atoms with E-state index in [0.29, 0.717) is 17.5 Å². The fourth-order valence-electron chi connectivity index (χ4n) is 8.27. The molecule has 0 aliphatic heterocycles. The van der Waals surface area contributed by atoms with Gasteiger partial charge >= 0.3 is 0 Å². The summed E-state index contributed by atoms with van der Waals surface area (Å²) < 4.78 is 2.36. The van der Waals surface area contributed by atoms with Crippen LogP contribution < -0.4 is 0 Å². The Morgan fingerprint density at radius 3 is 1.56 bits per heavy atom. The van der Waals surface area contributed by atoms with Crippen LogP contribution in [0.25, 0.3) is 105 Å². The summed E-state index contributed by atoms with van der Waals surface area (Å²) in [5.74, 6) is 1.85. The van der Waals surface area contributed by atoms with Crippen molar-refractivity contribution in [2.45, 2.75) is 0 Å². The molecule has 0 fully saturated rings. The lowest BCUT2D eigenvalue weighted by atomic mass is 9.96. The molecule has 4 nitrogen and oxygen atoms in total. The number of hydrogen-bond donors (Lipinski definition) is 0. The third-order valence-electron chi connectivity index (χ3n) is 11.0. The van der Waals surface area contributed by atoms with Crippen molar-refractivity contribution in [3.05, 3.63) is 206 Å². The van der Waals surface area contributed by atoms with E-state index in [-0.39, 0.29) is 0 Å². The van der Waals surface area contributed by atoms with Gasteiger partial charge < -0.3 is 4.57 Å². The minimum absolute atomic E-state index is 0.607. The predicted molar refractivity (Wildman–Crippen MR) is 236 cm³/mol. The summed E-state index contributed by atoms with van der Waals surface area (Å²) in [6.07, 6.45) is 0. The molecular formula is C53H34N4. The number of aromatic nitrogens is 4. The number of para-hydroxylation sites is 2. The molecule has 11 rings (SSSR count). The minimum Gasteiger partial charge on any atom is -0.309 e. The van der Waals surface area contributed by atoms with Gasteiger partial charge in [-0.05, 0) is 80.2 Å². The molecule has 266 valence electrons. The number of benzene rings is 9. The summed E-state index contributed by atoms with van der Waals surface area (Å²) in [6, 6.07) is 72.9. The maximum absolute atomic E-state index is 5.38. The Bertz CT molecular complexity index is 3230. The van der Waals surface area contributed by atoms with Crippen LogP contribution in [0, 0.1) is 0 Å². The SMILES string of the molecule is c1ccc(-c2ccc3ccc(-c4nc(-c5ccccc5)nc(-c5cc(-c6cccc7ccccc67)ccc5-n5c6ccccc6c6ccccc65)n4)cc3c2)cc1. The van der Waals surface area contributed by atoms with E-state index < -0.39 is 0 Å². The van der Waals surface area contributed by atoms with Crippen LogP contribution in [0.3, 0.4) is 0 Å². The van der Waals surface area contributed by atoms with Gasteiger partial charge in [-0.1, -0.05) is 170 Å². The van der Waals surface area contributed by atoms with Gasteiger partial charge in [0.2, 0.25) is 0 Å². The van der Waals surface area contributed by atoms with Crippen LogP contribution in [0.2, 0.25) is 0 Å². The second-order valence-corrected chi connectivity index (χ2v) is 14.4. The highest BCUT2D eigenvalue weighted by Crippen LogP contribution is 2.39. The van der Waals surface area contributed by atoms with Crippen molar-refractivity contribution in [3.8, 4) is 62.1 Å². The molecule has 0 saturated heterocycles. The van der Waals surface area contributed by atoms with Crippen LogP contribution >= 0.6 is 0 Å². The molecule has 11 aromatic rings. The Morgan fingerprint density at radius 1 is 0.281 bits per heavy atom. The number of rotatable bonds is 6. The zero-order chi connectivity index (χ0) is 37.7. The van der Waals surface area contributed by atoms with Gasteiger partial charge in [-0.25, -0.2) is 15.0 Å². The smallest absolute Gasteiger partial charge is 0.166 e. The number of nitrogens with zero attached hydrogens (tertiary/aromatic N) is 4.